The quantitative estimate of drug-likeness (QED) is 0.186. The molecule has 0 radical (unpaired) electrons. The Hall–Kier alpha value is -4.00. The van der Waals surface area contributed by atoms with Gasteiger partial charge in [-0.05, 0) is 87.1 Å². The fourth-order valence-electron chi connectivity index (χ4n) is 4.35. The largest absolute Gasteiger partial charge is 0.482 e. The third-order valence-corrected chi connectivity index (χ3v) is 6.36. The van der Waals surface area contributed by atoms with Gasteiger partial charge in [0.15, 0.2) is 6.61 Å². The Balaban J connectivity index is 1.55. The molecule has 2 atom stereocenters. The van der Waals surface area contributed by atoms with Gasteiger partial charge >= 0.3 is 5.97 Å². The minimum atomic E-state index is -0.544. The third-order valence-electron chi connectivity index (χ3n) is 6.36. The molecule has 7 nitrogen and oxygen atoms in total. The molecule has 3 N–H and O–H groups in total. The van der Waals surface area contributed by atoms with Crippen LogP contribution >= 0.6 is 0 Å². The second kappa shape index (κ2) is 15.1. The number of benzene rings is 3. The molecular weight excluding hydrogens is 514 g/mol. The van der Waals surface area contributed by atoms with Crippen molar-refractivity contribution in [2.24, 2.45) is 5.92 Å². The summed E-state index contributed by atoms with van der Waals surface area (Å²) in [5, 5.41) is 10.1. The van der Waals surface area contributed by atoms with Crippen LogP contribution in [0.4, 0.5) is 11.4 Å². The Morgan fingerprint density at radius 3 is 2.17 bits per heavy atom. The molecule has 0 aromatic heterocycles. The Morgan fingerprint density at radius 2 is 1.54 bits per heavy atom. The molecule has 0 aliphatic heterocycles. The van der Waals surface area contributed by atoms with Gasteiger partial charge in [0.2, 0.25) is 5.91 Å². The molecule has 220 valence electrons. The van der Waals surface area contributed by atoms with Crippen molar-refractivity contribution in [3.63, 3.8) is 0 Å². The lowest BCUT2D eigenvalue weighted by molar-refractivity contribution is -0.157. The van der Waals surface area contributed by atoms with E-state index in [9.17, 15) is 9.59 Å². The molecule has 0 heterocycles. The predicted octanol–water partition coefficient (Wildman–Crippen LogP) is 6.91. The highest BCUT2D eigenvalue weighted by Gasteiger charge is 2.22. The van der Waals surface area contributed by atoms with Crippen LogP contribution in [0, 0.1) is 5.92 Å². The molecule has 41 heavy (non-hydrogen) atoms. The molecule has 0 bridgehead atoms. The summed E-state index contributed by atoms with van der Waals surface area (Å²) in [6.07, 6.45) is 1.50. The molecule has 0 spiro atoms. The van der Waals surface area contributed by atoms with Gasteiger partial charge in [-0.2, -0.15) is 0 Å². The summed E-state index contributed by atoms with van der Waals surface area (Å²) in [5.41, 5.74) is 3.53. The van der Waals surface area contributed by atoms with Gasteiger partial charge < -0.3 is 25.4 Å². The van der Waals surface area contributed by atoms with E-state index in [1.165, 1.54) is 0 Å². The molecule has 3 aromatic rings. The van der Waals surface area contributed by atoms with E-state index in [1.54, 1.807) is 12.1 Å². The van der Waals surface area contributed by atoms with Gasteiger partial charge in [0, 0.05) is 24.0 Å². The minimum Gasteiger partial charge on any atom is -0.482 e. The summed E-state index contributed by atoms with van der Waals surface area (Å²) >= 11 is 0. The van der Waals surface area contributed by atoms with Crippen molar-refractivity contribution in [2.45, 2.75) is 72.1 Å². The number of hydrogen-bond donors (Lipinski definition) is 3. The highest BCUT2D eigenvalue weighted by molar-refractivity contribution is 5.85. The molecule has 3 rings (SSSR count). The average molecular weight is 560 g/mol. The topological polar surface area (TPSA) is 88.7 Å². The average Bonchev–Trinajstić information content (AvgIpc) is 2.93. The van der Waals surface area contributed by atoms with Gasteiger partial charge in [0.1, 0.15) is 17.4 Å². The summed E-state index contributed by atoms with van der Waals surface area (Å²) in [7, 11) is 0. The van der Waals surface area contributed by atoms with Crippen LogP contribution in [0.1, 0.15) is 54.4 Å². The van der Waals surface area contributed by atoms with Crippen molar-refractivity contribution in [2.75, 3.05) is 23.8 Å². The fourth-order valence-corrected chi connectivity index (χ4v) is 4.35. The first kappa shape index (κ1) is 31.5. The molecule has 0 unspecified atom stereocenters. The Morgan fingerprint density at radius 1 is 0.854 bits per heavy atom. The fraction of sp³-hybridized carbons (Fsp3) is 0.412. The zero-order valence-corrected chi connectivity index (χ0v) is 25.2. The number of anilines is 2. The first-order chi connectivity index (χ1) is 19.5. The van der Waals surface area contributed by atoms with Crippen molar-refractivity contribution in [3.05, 3.63) is 78.9 Å². The molecule has 0 aliphatic carbocycles. The second-order valence-corrected chi connectivity index (χ2v) is 11.7. The summed E-state index contributed by atoms with van der Waals surface area (Å²) in [5.74, 6) is 0.518. The van der Waals surface area contributed by atoms with Gasteiger partial charge in [-0.3, -0.25) is 4.79 Å². The lowest BCUT2D eigenvalue weighted by Crippen LogP contribution is -2.47. The first-order valence-corrected chi connectivity index (χ1v) is 14.4. The standard InChI is InChI=1S/C34H45N3O4/c1-7-27(22-35-28-16-18-30(19-17-28)40-23-32(38)41-34(4,5)6)37-33(39)31(20-24(2)3)36-29-15-11-14-26(21-29)25-12-9-8-10-13-25/h8-19,21,24,27,31,35-36H,7,20,22-23H2,1-6H3,(H,37,39)/t27-,31-/m0/s1. The van der Waals surface area contributed by atoms with E-state index in [-0.39, 0.29) is 24.6 Å². The number of amides is 1. The molecule has 7 heteroatoms. The zero-order valence-electron chi connectivity index (χ0n) is 25.2. The number of rotatable bonds is 14. The van der Waals surface area contributed by atoms with Crippen LogP contribution in [0.2, 0.25) is 0 Å². The molecule has 0 aliphatic rings. The van der Waals surface area contributed by atoms with Crippen LogP contribution in [0.3, 0.4) is 0 Å². The van der Waals surface area contributed by atoms with E-state index in [0.717, 1.165) is 35.3 Å². The smallest absolute Gasteiger partial charge is 0.344 e. The Bertz CT molecular complexity index is 1240. The first-order valence-electron chi connectivity index (χ1n) is 14.4. The van der Waals surface area contributed by atoms with E-state index in [4.69, 9.17) is 9.47 Å². The van der Waals surface area contributed by atoms with Crippen LogP contribution in [0.15, 0.2) is 78.9 Å². The molecule has 3 aromatic carbocycles. The predicted molar refractivity (Wildman–Crippen MR) is 167 cm³/mol. The van der Waals surface area contributed by atoms with Crippen LogP contribution in [0.5, 0.6) is 5.75 Å². The number of hydrogen-bond acceptors (Lipinski definition) is 6. The van der Waals surface area contributed by atoms with E-state index in [0.29, 0.717) is 18.2 Å². The van der Waals surface area contributed by atoms with Gasteiger partial charge in [-0.15, -0.1) is 0 Å². The lowest BCUT2D eigenvalue weighted by atomic mass is 10.0. The molecule has 0 fully saturated rings. The van der Waals surface area contributed by atoms with Crippen molar-refractivity contribution < 1.29 is 19.1 Å². The third kappa shape index (κ3) is 11.2. The Kier molecular flexibility index (Phi) is 11.6. The molecule has 0 saturated heterocycles. The van der Waals surface area contributed by atoms with Crippen molar-refractivity contribution in [1.82, 2.24) is 5.32 Å². The number of esters is 1. The van der Waals surface area contributed by atoms with E-state index >= 15 is 0 Å². The van der Waals surface area contributed by atoms with Gasteiger partial charge in [0.05, 0.1) is 0 Å². The summed E-state index contributed by atoms with van der Waals surface area (Å²) in [4.78, 5) is 25.3. The van der Waals surface area contributed by atoms with E-state index in [1.807, 2.05) is 63.2 Å². The maximum absolute atomic E-state index is 13.4. The molecule has 0 saturated carbocycles. The van der Waals surface area contributed by atoms with Gasteiger partial charge in [0.25, 0.3) is 0 Å². The van der Waals surface area contributed by atoms with Gasteiger partial charge in [-0.25, -0.2) is 4.79 Å². The lowest BCUT2D eigenvalue weighted by Gasteiger charge is -2.25. The summed E-state index contributed by atoms with van der Waals surface area (Å²) < 4.78 is 10.8. The SMILES string of the molecule is CC[C@@H](CNc1ccc(OCC(=O)OC(C)(C)C)cc1)NC(=O)[C@H](CC(C)C)Nc1cccc(-c2ccccc2)c1. The Labute approximate surface area is 245 Å². The van der Waals surface area contributed by atoms with Crippen LogP contribution in [-0.2, 0) is 14.3 Å². The number of nitrogens with one attached hydrogen (secondary N) is 3. The maximum Gasteiger partial charge on any atom is 0.344 e. The molecule has 1 amide bonds. The number of ether oxygens (including phenoxy) is 2. The van der Waals surface area contributed by atoms with E-state index < -0.39 is 11.6 Å². The summed E-state index contributed by atoms with van der Waals surface area (Å²) in [6, 6.07) is 25.4. The van der Waals surface area contributed by atoms with Gasteiger partial charge in [-0.1, -0.05) is 63.2 Å². The monoisotopic (exact) mass is 559 g/mol. The van der Waals surface area contributed by atoms with Crippen LogP contribution in [-0.4, -0.2) is 42.7 Å². The molecular formula is C34H45N3O4. The normalized spacial score (nSPS) is 12.8. The zero-order chi connectivity index (χ0) is 29.8. The second-order valence-electron chi connectivity index (χ2n) is 11.7. The van der Waals surface area contributed by atoms with Crippen molar-refractivity contribution in [1.29, 1.82) is 0 Å². The minimum absolute atomic E-state index is 0.0108. The van der Waals surface area contributed by atoms with E-state index in [2.05, 4.69) is 61.0 Å². The number of carbonyl (C=O) groups is 2. The number of carbonyl (C=O) groups excluding carboxylic acids is 2. The highest BCUT2D eigenvalue weighted by Crippen LogP contribution is 2.24. The van der Waals surface area contributed by atoms with Crippen LogP contribution < -0.4 is 20.7 Å². The van der Waals surface area contributed by atoms with Crippen molar-refractivity contribution in [3.8, 4) is 16.9 Å². The maximum atomic E-state index is 13.4. The van der Waals surface area contributed by atoms with Crippen molar-refractivity contribution >= 4 is 23.3 Å². The highest BCUT2D eigenvalue weighted by atomic mass is 16.6. The van der Waals surface area contributed by atoms with Crippen LogP contribution in [0.25, 0.3) is 11.1 Å². The summed E-state index contributed by atoms with van der Waals surface area (Å²) in [6.45, 7) is 12.2.